The molecule has 2 aliphatic rings. The number of hydrogen-bond donors (Lipinski definition) is 3. The second kappa shape index (κ2) is 11.8. The summed E-state index contributed by atoms with van der Waals surface area (Å²) in [5.41, 5.74) is 8.31. The van der Waals surface area contributed by atoms with Gasteiger partial charge in [0.15, 0.2) is 0 Å². The van der Waals surface area contributed by atoms with Crippen LogP contribution in [-0.2, 0) is 4.79 Å². The van der Waals surface area contributed by atoms with Gasteiger partial charge < -0.3 is 21.1 Å². The minimum absolute atomic E-state index is 0.272. The molecule has 2 aromatic rings. The molecule has 1 aromatic heterocycles. The Kier molecular flexibility index (Phi) is 9.06. The van der Waals surface area contributed by atoms with Crippen molar-refractivity contribution >= 4 is 23.3 Å². The molecular formula is C25H36ClN5O2. The van der Waals surface area contributed by atoms with E-state index in [1.54, 1.807) is 18.5 Å². The Hall–Kier alpha value is -2.22. The fraction of sp³-hybridized carbons (Fsp3) is 0.560. The van der Waals surface area contributed by atoms with Crippen LogP contribution in [0.1, 0.15) is 74.8 Å². The van der Waals surface area contributed by atoms with E-state index >= 15 is 0 Å². The molecule has 1 aromatic carbocycles. The lowest BCUT2D eigenvalue weighted by molar-refractivity contribution is -0.119. The molecule has 1 amide bonds. The minimum atomic E-state index is -0.415. The first-order chi connectivity index (χ1) is 15.8. The van der Waals surface area contributed by atoms with E-state index < -0.39 is 6.10 Å². The number of benzene rings is 1. The average molecular weight is 474 g/mol. The quantitative estimate of drug-likeness (QED) is 0.512. The summed E-state index contributed by atoms with van der Waals surface area (Å²) >= 11 is 5.82. The van der Waals surface area contributed by atoms with Gasteiger partial charge in [-0.2, -0.15) is 0 Å². The molecule has 33 heavy (non-hydrogen) atoms. The van der Waals surface area contributed by atoms with E-state index in [1.165, 1.54) is 12.8 Å². The number of carbonyl (C=O) groups excluding carboxylic acids is 1. The monoisotopic (exact) mass is 473 g/mol. The first kappa shape index (κ1) is 25.4. The Balaban J connectivity index is 0.000000186. The fourth-order valence-electron chi connectivity index (χ4n) is 4.31. The molecule has 8 heteroatoms. The van der Waals surface area contributed by atoms with Crippen molar-refractivity contribution in [3.05, 3.63) is 52.4 Å². The van der Waals surface area contributed by atoms with Crippen molar-refractivity contribution in [2.45, 2.75) is 58.0 Å². The highest BCUT2D eigenvalue weighted by Gasteiger charge is 2.32. The van der Waals surface area contributed by atoms with Crippen LogP contribution < -0.4 is 16.0 Å². The number of aliphatic hydroxyl groups is 1. The molecule has 2 aliphatic carbocycles. The van der Waals surface area contributed by atoms with Gasteiger partial charge in [-0.25, -0.2) is 9.97 Å². The second-order valence-electron chi connectivity index (χ2n) is 8.93. The number of nitrogens with one attached hydrogen (secondary N) is 1. The van der Waals surface area contributed by atoms with Gasteiger partial charge in [0.05, 0.1) is 17.7 Å². The third kappa shape index (κ3) is 6.65. The maximum absolute atomic E-state index is 11.4. The standard InChI is InChI=1S/C13H17ClN2O.C12H19N3O/c14-11-5-3-10(4-6-11)12(13(15)17)8-16-7-9-1-2-9;1-4-15(5-2)12-10-8(3)6-9(16)11(10)13-7-14-12/h3-6,9,12,16H,1-2,7-8H2,(H2,15,17);7-9,16H,4-6H2,1-3H3/t12-;8-,9+/m11/s1. The Morgan fingerprint density at radius 2 is 1.91 bits per heavy atom. The SMILES string of the molecule is CCN(CC)c1ncnc2c1[C@H](C)C[C@@H]2O.NC(=O)[C@H](CNCC1CC1)c1ccc(Cl)cc1. The van der Waals surface area contributed by atoms with Crippen molar-refractivity contribution in [2.24, 2.45) is 11.7 Å². The number of primary amides is 1. The summed E-state index contributed by atoms with van der Waals surface area (Å²) in [6.45, 7) is 9.82. The lowest BCUT2D eigenvalue weighted by Crippen LogP contribution is -2.32. The van der Waals surface area contributed by atoms with Crippen LogP contribution in [0.3, 0.4) is 0 Å². The lowest BCUT2D eigenvalue weighted by Gasteiger charge is -2.23. The summed E-state index contributed by atoms with van der Waals surface area (Å²) in [6.07, 6.45) is 4.52. The van der Waals surface area contributed by atoms with Gasteiger partial charge in [-0.3, -0.25) is 4.79 Å². The number of nitrogens with two attached hydrogens (primary N) is 1. The van der Waals surface area contributed by atoms with Crippen molar-refractivity contribution < 1.29 is 9.90 Å². The van der Waals surface area contributed by atoms with E-state index in [1.807, 2.05) is 12.1 Å². The molecule has 0 bridgehead atoms. The van der Waals surface area contributed by atoms with Crippen LogP contribution in [0.5, 0.6) is 0 Å². The summed E-state index contributed by atoms with van der Waals surface area (Å²) in [5, 5.41) is 13.9. The van der Waals surface area contributed by atoms with Gasteiger partial charge in [0.25, 0.3) is 0 Å². The summed E-state index contributed by atoms with van der Waals surface area (Å²) < 4.78 is 0. The molecule has 0 unspecified atom stereocenters. The lowest BCUT2D eigenvalue weighted by atomic mass is 9.98. The number of hydrogen-bond acceptors (Lipinski definition) is 6. The number of aliphatic hydroxyl groups excluding tert-OH is 1. The molecule has 7 nitrogen and oxygen atoms in total. The first-order valence-corrected chi connectivity index (χ1v) is 12.3. The predicted octanol–water partition coefficient (Wildman–Crippen LogP) is 3.77. The largest absolute Gasteiger partial charge is 0.387 e. The Labute approximate surface area is 201 Å². The fourth-order valence-corrected chi connectivity index (χ4v) is 4.43. The van der Waals surface area contributed by atoms with Crippen molar-refractivity contribution in [3.8, 4) is 0 Å². The van der Waals surface area contributed by atoms with Crippen LogP contribution in [0.2, 0.25) is 5.02 Å². The highest BCUT2D eigenvalue weighted by atomic mass is 35.5. The summed E-state index contributed by atoms with van der Waals surface area (Å²) in [5.74, 6) is 1.58. The van der Waals surface area contributed by atoms with Gasteiger partial charge in [-0.1, -0.05) is 30.7 Å². The van der Waals surface area contributed by atoms with Gasteiger partial charge in [-0.15, -0.1) is 0 Å². The van der Waals surface area contributed by atoms with E-state index in [0.29, 0.717) is 17.5 Å². The normalized spacial score (nSPS) is 19.9. The van der Waals surface area contributed by atoms with E-state index in [2.05, 4.69) is 41.0 Å². The highest BCUT2D eigenvalue weighted by molar-refractivity contribution is 6.30. The number of anilines is 1. The summed E-state index contributed by atoms with van der Waals surface area (Å²) in [7, 11) is 0. The van der Waals surface area contributed by atoms with Crippen LogP contribution in [0, 0.1) is 5.92 Å². The number of fused-ring (bicyclic) bond motifs is 1. The molecule has 180 valence electrons. The molecule has 0 spiro atoms. The first-order valence-electron chi connectivity index (χ1n) is 11.9. The third-order valence-corrected chi connectivity index (χ3v) is 6.69. The number of halogens is 1. The van der Waals surface area contributed by atoms with Crippen molar-refractivity contribution in [2.75, 3.05) is 31.1 Å². The van der Waals surface area contributed by atoms with Gasteiger partial charge in [0, 0.05) is 30.2 Å². The van der Waals surface area contributed by atoms with Crippen LogP contribution >= 0.6 is 11.6 Å². The van der Waals surface area contributed by atoms with Crippen LogP contribution in [0.4, 0.5) is 5.82 Å². The average Bonchev–Trinajstić information content (AvgIpc) is 3.58. The van der Waals surface area contributed by atoms with Gasteiger partial charge >= 0.3 is 0 Å². The topological polar surface area (TPSA) is 104 Å². The summed E-state index contributed by atoms with van der Waals surface area (Å²) in [4.78, 5) is 22.2. The van der Waals surface area contributed by atoms with Crippen LogP contribution in [0.25, 0.3) is 0 Å². The molecule has 0 aliphatic heterocycles. The van der Waals surface area contributed by atoms with Crippen LogP contribution in [-0.4, -0.2) is 47.2 Å². The van der Waals surface area contributed by atoms with Gasteiger partial charge in [-0.05, 0) is 69.2 Å². The molecule has 4 N–H and O–H groups in total. The number of nitrogens with zero attached hydrogens (tertiary/aromatic N) is 3. The second-order valence-corrected chi connectivity index (χ2v) is 9.37. The van der Waals surface area contributed by atoms with Crippen molar-refractivity contribution in [1.29, 1.82) is 0 Å². The number of rotatable bonds is 9. The summed E-state index contributed by atoms with van der Waals surface area (Å²) in [6, 6.07) is 7.29. The van der Waals surface area contributed by atoms with Gasteiger partial charge in [0.1, 0.15) is 12.1 Å². The van der Waals surface area contributed by atoms with Crippen LogP contribution in [0.15, 0.2) is 30.6 Å². The van der Waals surface area contributed by atoms with E-state index in [-0.39, 0.29) is 11.8 Å². The minimum Gasteiger partial charge on any atom is -0.387 e. The zero-order valence-electron chi connectivity index (χ0n) is 19.8. The van der Waals surface area contributed by atoms with E-state index in [0.717, 1.165) is 54.6 Å². The smallest absolute Gasteiger partial charge is 0.226 e. The number of aromatic nitrogens is 2. The van der Waals surface area contributed by atoms with Crippen molar-refractivity contribution in [1.82, 2.24) is 15.3 Å². The maximum Gasteiger partial charge on any atom is 0.226 e. The maximum atomic E-state index is 11.4. The molecule has 1 heterocycles. The molecule has 0 radical (unpaired) electrons. The molecule has 1 fully saturated rings. The Morgan fingerprint density at radius 1 is 1.24 bits per heavy atom. The number of amides is 1. The zero-order chi connectivity index (χ0) is 24.0. The highest BCUT2D eigenvalue weighted by Crippen LogP contribution is 2.42. The Morgan fingerprint density at radius 3 is 2.48 bits per heavy atom. The molecule has 0 saturated heterocycles. The van der Waals surface area contributed by atoms with E-state index in [4.69, 9.17) is 17.3 Å². The third-order valence-electron chi connectivity index (χ3n) is 6.44. The molecule has 3 atom stereocenters. The molecular weight excluding hydrogens is 438 g/mol. The zero-order valence-corrected chi connectivity index (χ0v) is 20.6. The van der Waals surface area contributed by atoms with Crippen molar-refractivity contribution in [3.63, 3.8) is 0 Å². The molecule has 1 saturated carbocycles. The molecule has 4 rings (SSSR count). The van der Waals surface area contributed by atoms with E-state index in [9.17, 15) is 9.90 Å². The predicted molar refractivity (Wildman–Crippen MR) is 133 cm³/mol. The van der Waals surface area contributed by atoms with Gasteiger partial charge in [0.2, 0.25) is 5.91 Å². The number of carbonyl (C=O) groups is 1. The Bertz CT molecular complexity index is 916.